The fraction of sp³-hybridized carbons (Fsp3) is 0.917. The Kier molecular flexibility index (Phi) is 3.95. The minimum absolute atomic E-state index is 0.242. The molecule has 0 aliphatic heterocycles. The van der Waals surface area contributed by atoms with E-state index in [1.807, 2.05) is 0 Å². The first-order chi connectivity index (χ1) is 6.53. The summed E-state index contributed by atoms with van der Waals surface area (Å²) >= 11 is 0. The third-order valence-corrected chi connectivity index (χ3v) is 2.83. The van der Waals surface area contributed by atoms with E-state index in [4.69, 9.17) is 5.26 Å². The molecule has 0 bridgehead atoms. The fourth-order valence-electron chi connectivity index (χ4n) is 1.97. The van der Waals surface area contributed by atoms with E-state index in [9.17, 15) is 0 Å². The molecule has 14 heavy (non-hydrogen) atoms. The summed E-state index contributed by atoms with van der Waals surface area (Å²) < 4.78 is 0. The molecule has 1 fully saturated rings. The molecule has 1 N–H and O–H groups in total. The normalized spacial score (nSPS) is 28.4. The maximum atomic E-state index is 9.00. The number of rotatable bonds is 2. The molecule has 1 aliphatic rings. The molecule has 2 unspecified atom stereocenters. The van der Waals surface area contributed by atoms with Gasteiger partial charge >= 0.3 is 0 Å². The standard InChI is InChI=1S/C12H22N2/c1-12(2,3)9-14-11-7-5-4-6-10(11)8-13/h10-11,14H,4-7,9H2,1-3H3. The van der Waals surface area contributed by atoms with E-state index in [0.29, 0.717) is 11.5 Å². The van der Waals surface area contributed by atoms with Crippen LogP contribution in [0.15, 0.2) is 0 Å². The highest BCUT2D eigenvalue weighted by atomic mass is 14.9. The first-order valence-electron chi connectivity index (χ1n) is 5.66. The molecule has 1 saturated carbocycles. The van der Waals surface area contributed by atoms with Gasteiger partial charge in [-0.1, -0.05) is 33.6 Å². The second-order valence-corrected chi connectivity index (χ2v) is 5.57. The molecule has 0 heterocycles. The van der Waals surface area contributed by atoms with Crippen molar-refractivity contribution < 1.29 is 0 Å². The van der Waals surface area contributed by atoms with Gasteiger partial charge in [0.25, 0.3) is 0 Å². The maximum Gasteiger partial charge on any atom is 0.0672 e. The minimum atomic E-state index is 0.242. The van der Waals surface area contributed by atoms with E-state index in [0.717, 1.165) is 13.0 Å². The van der Waals surface area contributed by atoms with Crippen LogP contribution in [0.2, 0.25) is 0 Å². The molecular formula is C12H22N2. The Balaban J connectivity index is 2.38. The predicted octanol–water partition coefficient (Wildman–Crippen LogP) is 2.70. The molecule has 0 saturated heterocycles. The minimum Gasteiger partial charge on any atom is -0.312 e. The SMILES string of the molecule is CC(C)(C)CNC1CCCCC1C#N. The average Bonchev–Trinajstić information content (AvgIpc) is 2.14. The zero-order valence-corrected chi connectivity index (χ0v) is 9.64. The molecule has 0 aromatic carbocycles. The van der Waals surface area contributed by atoms with Crippen molar-refractivity contribution in [2.45, 2.75) is 52.5 Å². The van der Waals surface area contributed by atoms with Gasteiger partial charge < -0.3 is 5.32 Å². The van der Waals surface area contributed by atoms with Crippen molar-refractivity contribution in [2.75, 3.05) is 6.54 Å². The summed E-state index contributed by atoms with van der Waals surface area (Å²) in [5, 5.41) is 12.5. The summed E-state index contributed by atoms with van der Waals surface area (Å²) in [7, 11) is 0. The summed E-state index contributed by atoms with van der Waals surface area (Å²) in [6.07, 6.45) is 4.76. The second-order valence-electron chi connectivity index (χ2n) is 5.57. The highest BCUT2D eigenvalue weighted by Gasteiger charge is 2.25. The molecule has 2 nitrogen and oxygen atoms in total. The Morgan fingerprint density at radius 3 is 2.50 bits per heavy atom. The predicted molar refractivity (Wildman–Crippen MR) is 58.8 cm³/mol. The van der Waals surface area contributed by atoms with E-state index in [1.54, 1.807) is 0 Å². The zero-order valence-electron chi connectivity index (χ0n) is 9.64. The van der Waals surface area contributed by atoms with Crippen LogP contribution in [0.4, 0.5) is 0 Å². The quantitative estimate of drug-likeness (QED) is 0.733. The molecule has 80 valence electrons. The summed E-state index contributed by atoms with van der Waals surface area (Å²) in [5.41, 5.74) is 0.317. The molecule has 0 spiro atoms. The molecule has 0 aromatic rings. The molecule has 1 aliphatic carbocycles. The summed E-state index contributed by atoms with van der Waals surface area (Å²) in [5.74, 6) is 0.242. The molecule has 2 heteroatoms. The Labute approximate surface area is 87.7 Å². The Morgan fingerprint density at radius 1 is 1.29 bits per heavy atom. The second kappa shape index (κ2) is 4.79. The number of nitrogens with zero attached hydrogens (tertiary/aromatic N) is 1. The van der Waals surface area contributed by atoms with Crippen LogP contribution in [-0.2, 0) is 0 Å². The van der Waals surface area contributed by atoms with Gasteiger partial charge in [0, 0.05) is 12.6 Å². The van der Waals surface area contributed by atoms with Crippen LogP contribution >= 0.6 is 0 Å². The van der Waals surface area contributed by atoms with Crippen LogP contribution in [-0.4, -0.2) is 12.6 Å². The van der Waals surface area contributed by atoms with E-state index in [1.165, 1.54) is 19.3 Å². The van der Waals surface area contributed by atoms with Gasteiger partial charge in [0.1, 0.15) is 0 Å². The monoisotopic (exact) mass is 194 g/mol. The van der Waals surface area contributed by atoms with Gasteiger partial charge in [-0.3, -0.25) is 0 Å². The highest BCUT2D eigenvalue weighted by molar-refractivity contribution is 4.94. The van der Waals surface area contributed by atoms with Crippen molar-refractivity contribution >= 4 is 0 Å². The van der Waals surface area contributed by atoms with Crippen molar-refractivity contribution in [3.63, 3.8) is 0 Å². The highest BCUT2D eigenvalue weighted by Crippen LogP contribution is 2.24. The van der Waals surface area contributed by atoms with Crippen molar-refractivity contribution in [2.24, 2.45) is 11.3 Å². The first kappa shape index (κ1) is 11.5. The fourth-order valence-corrected chi connectivity index (χ4v) is 1.97. The lowest BCUT2D eigenvalue weighted by atomic mass is 9.84. The number of nitrogens with one attached hydrogen (secondary N) is 1. The number of nitriles is 1. The van der Waals surface area contributed by atoms with E-state index < -0.39 is 0 Å². The molecule has 1 rings (SSSR count). The van der Waals surface area contributed by atoms with Gasteiger partial charge in [-0.25, -0.2) is 0 Å². The zero-order chi connectivity index (χ0) is 10.6. The topological polar surface area (TPSA) is 35.8 Å². The van der Waals surface area contributed by atoms with Crippen LogP contribution < -0.4 is 5.32 Å². The third-order valence-electron chi connectivity index (χ3n) is 2.83. The number of hydrogen-bond donors (Lipinski definition) is 1. The number of hydrogen-bond acceptors (Lipinski definition) is 2. The summed E-state index contributed by atoms with van der Waals surface area (Å²) in [4.78, 5) is 0. The largest absolute Gasteiger partial charge is 0.312 e. The van der Waals surface area contributed by atoms with Gasteiger partial charge in [-0.05, 0) is 18.3 Å². The molecule has 0 aromatic heterocycles. The van der Waals surface area contributed by atoms with Crippen molar-refractivity contribution in [3.05, 3.63) is 0 Å². The molecule has 2 atom stereocenters. The van der Waals surface area contributed by atoms with Crippen molar-refractivity contribution in [1.82, 2.24) is 5.32 Å². The van der Waals surface area contributed by atoms with Crippen LogP contribution in [0.3, 0.4) is 0 Å². The molecule has 0 amide bonds. The van der Waals surface area contributed by atoms with E-state index >= 15 is 0 Å². The molecule has 0 radical (unpaired) electrons. The maximum absolute atomic E-state index is 9.00. The summed E-state index contributed by atoms with van der Waals surface area (Å²) in [6, 6.07) is 2.87. The van der Waals surface area contributed by atoms with E-state index in [-0.39, 0.29) is 5.92 Å². The lowest BCUT2D eigenvalue weighted by Gasteiger charge is -2.30. The lowest BCUT2D eigenvalue weighted by molar-refractivity contribution is 0.271. The molecular weight excluding hydrogens is 172 g/mol. The van der Waals surface area contributed by atoms with Gasteiger partial charge in [-0.15, -0.1) is 0 Å². The Bertz CT molecular complexity index is 209. The van der Waals surface area contributed by atoms with Crippen LogP contribution in [0.1, 0.15) is 46.5 Å². The van der Waals surface area contributed by atoms with Gasteiger partial charge in [0.05, 0.1) is 12.0 Å². The first-order valence-corrected chi connectivity index (χ1v) is 5.66. The Morgan fingerprint density at radius 2 is 1.93 bits per heavy atom. The Hall–Kier alpha value is -0.550. The van der Waals surface area contributed by atoms with E-state index in [2.05, 4.69) is 32.2 Å². The summed E-state index contributed by atoms with van der Waals surface area (Å²) in [6.45, 7) is 7.69. The van der Waals surface area contributed by atoms with Crippen molar-refractivity contribution in [3.8, 4) is 6.07 Å². The van der Waals surface area contributed by atoms with Gasteiger partial charge in [0.2, 0.25) is 0 Å². The van der Waals surface area contributed by atoms with Crippen LogP contribution in [0.5, 0.6) is 0 Å². The smallest absolute Gasteiger partial charge is 0.0672 e. The van der Waals surface area contributed by atoms with Gasteiger partial charge in [-0.2, -0.15) is 5.26 Å². The van der Waals surface area contributed by atoms with Crippen LogP contribution in [0, 0.1) is 22.7 Å². The third kappa shape index (κ3) is 3.67. The average molecular weight is 194 g/mol. The van der Waals surface area contributed by atoms with Crippen molar-refractivity contribution in [1.29, 1.82) is 5.26 Å². The lowest BCUT2D eigenvalue weighted by Crippen LogP contribution is -2.41. The van der Waals surface area contributed by atoms with Crippen LogP contribution in [0.25, 0.3) is 0 Å². The van der Waals surface area contributed by atoms with Gasteiger partial charge in [0.15, 0.2) is 0 Å².